The fraction of sp³-hybridized carbons (Fsp3) is 1.00. The van der Waals surface area contributed by atoms with Gasteiger partial charge in [-0.1, -0.05) is 6.42 Å². The summed E-state index contributed by atoms with van der Waals surface area (Å²) in [7, 11) is 0. The molecule has 1 heterocycles. The molecule has 64 valence electrons. The second-order valence-electron chi connectivity index (χ2n) is 3.99. The van der Waals surface area contributed by atoms with Gasteiger partial charge in [0.25, 0.3) is 0 Å². The summed E-state index contributed by atoms with van der Waals surface area (Å²) in [5, 5.41) is 12.5. The first kappa shape index (κ1) is 7.56. The molecule has 2 N–H and O–H groups in total. The number of aliphatic hydroxyl groups is 1. The molecule has 11 heavy (non-hydrogen) atoms. The van der Waals surface area contributed by atoms with E-state index >= 15 is 0 Å². The maximum atomic E-state index is 8.97. The van der Waals surface area contributed by atoms with Gasteiger partial charge in [0, 0.05) is 19.2 Å². The van der Waals surface area contributed by atoms with Gasteiger partial charge in [0.1, 0.15) is 0 Å². The summed E-state index contributed by atoms with van der Waals surface area (Å²) in [6.07, 6.45) is 5.39. The Hall–Kier alpha value is -0.0800. The molecule has 1 aliphatic carbocycles. The molecule has 2 heteroatoms. The van der Waals surface area contributed by atoms with Crippen molar-refractivity contribution in [2.24, 2.45) is 11.8 Å². The summed E-state index contributed by atoms with van der Waals surface area (Å²) in [5.41, 5.74) is 0. The molecule has 0 aromatic heterocycles. The predicted octanol–water partition coefficient (Wildman–Crippen LogP) is 0.757. The molecule has 0 bridgehead atoms. The van der Waals surface area contributed by atoms with Gasteiger partial charge in [-0.2, -0.15) is 0 Å². The van der Waals surface area contributed by atoms with E-state index in [2.05, 4.69) is 5.32 Å². The number of nitrogens with one attached hydrogen (secondary N) is 1. The van der Waals surface area contributed by atoms with E-state index in [1.54, 1.807) is 0 Å². The van der Waals surface area contributed by atoms with Gasteiger partial charge in [0.2, 0.25) is 0 Å². The molecule has 0 spiro atoms. The summed E-state index contributed by atoms with van der Waals surface area (Å²) < 4.78 is 0. The van der Waals surface area contributed by atoms with Crippen LogP contribution in [0.4, 0.5) is 0 Å². The van der Waals surface area contributed by atoms with Gasteiger partial charge in [-0.3, -0.25) is 0 Å². The molecular formula is C9H17NO. The number of hydrogen-bond donors (Lipinski definition) is 2. The minimum absolute atomic E-state index is 0.371. The number of fused-ring (bicyclic) bond motifs is 1. The van der Waals surface area contributed by atoms with Crippen molar-refractivity contribution in [2.75, 3.05) is 13.2 Å². The number of piperidine rings is 1. The minimum Gasteiger partial charge on any atom is -0.396 e. The van der Waals surface area contributed by atoms with Crippen molar-refractivity contribution in [1.82, 2.24) is 5.32 Å². The minimum atomic E-state index is 0.371. The van der Waals surface area contributed by atoms with Crippen LogP contribution in [0, 0.1) is 11.8 Å². The van der Waals surface area contributed by atoms with Crippen molar-refractivity contribution >= 4 is 0 Å². The smallest absolute Gasteiger partial charge is 0.0471 e. The molecular weight excluding hydrogens is 138 g/mol. The van der Waals surface area contributed by atoms with Crippen molar-refractivity contribution in [1.29, 1.82) is 0 Å². The molecule has 0 radical (unpaired) electrons. The van der Waals surface area contributed by atoms with Crippen LogP contribution in [0.1, 0.15) is 25.7 Å². The van der Waals surface area contributed by atoms with E-state index in [1.807, 2.05) is 0 Å². The highest BCUT2D eigenvalue weighted by atomic mass is 16.3. The second kappa shape index (κ2) is 3.11. The monoisotopic (exact) mass is 155 g/mol. The van der Waals surface area contributed by atoms with Gasteiger partial charge < -0.3 is 10.4 Å². The fourth-order valence-corrected chi connectivity index (χ4v) is 2.56. The average molecular weight is 155 g/mol. The molecule has 1 aliphatic heterocycles. The van der Waals surface area contributed by atoms with E-state index < -0.39 is 0 Å². The zero-order chi connectivity index (χ0) is 7.68. The molecule has 0 amide bonds. The molecule has 0 unspecified atom stereocenters. The molecule has 0 aromatic carbocycles. The van der Waals surface area contributed by atoms with Crippen LogP contribution in [0.15, 0.2) is 0 Å². The van der Waals surface area contributed by atoms with E-state index in [0.717, 1.165) is 18.5 Å². The summed E-state index contributed by atoms with van der Waals surface area (Å²) in [4.78, 5) is 0. The lowest BCUT2D eigenvalue weighted by atomic mass is 9.87. The quantitative estimate of drug-likeness (QED) is 0.586. The third-order valence-electron chi connectivity index (χ3n) is 3.22. The molecule has 0 aromatic rings. The summed E-state index contributed by atoms with van der Waals surface area (Å²) in [6.45, 7) is 1.41. The van der Waals surface area contributed by atoms with E-state index in [-0.39, 0.29) is 0 Å². The van der Waals surface area contributed by atoms with Crippen molar-refractivity contribution in [3.8, 4) is 0 Å². The Balaban J connectivity index is 1.91. The Kier molecular flexibility index (Phi) is 2.14. The van der Waals surface area contributed by atoms with Crippen LogP contribution in [-0.2, 0) is 0 Å². The van der Waals surface area contributed by atoms with Gasteiger partial charge in [-0.25, -0.2) is 0 Å². The second-order valence-corrected chi connectivity index (χ2v) is 3.99. The van der Waals surface area contributed by atoms with Gasteiger partial charge in [-0.15, -0.1) is 0 Å². The van der Waals surface area contributed by atoms with Crippen LogP contribution < -0.4 is 5.32 Å². The molecule has 2 fully saturated rings. The predicted molar refractivity (Wildman–Crippen MR) is 44.3 cm³/mol. The molecule has 2 nitrogen and oxygen atoms in total. The van der Waals surface area contributed by atoms with Crippen LogP contribution in [-0.4, -0.2) is 24.3 Å². The van der Waals surface area contributed by atoms with Gasteiger partial charge in [-0.05, 0) is 31.1 Å². The lowest BCUT2D eigenvalue weighted by Crippen LogP contribution is -2.43. The highest BCUT2D eigenvalue weighted by Gasteiger charge is 2.32. The molecule has 2 aliphatic rings. The number of hydrogen-bond acceptors (Lipinski definition) is 2. The third-order valence-corrected chi connectivity index (χ3v) is 3.22. The zero-order valence-corrected chi connectivity index (χ0v) is 6.92. The van der Waals surface area contributed by atoms with Crippen LogP contribution in [0.25, 0.3) is 0 Å². The third kappa shape index (κ3) is 1.42. The lowest BCUT2D eigenvalue weighted by Gasteiger charge is -2.31. The highest BCUT2D eigenvalue weighted by Crippen LogP contribution is 2.33. The normalized spacial score (nSPS) is 43.9. The summed E-state index contributed by atoms with van der Waals surface area (Å²) in [5.74, 6) is 1.41. The van der Waals surface area contributed by atoms with Crippen molar-refractivity contribution in [3.05, 3.63) is 0 Å². The van der Waals surface area contributed by atoms with E-state index in [1.165, 1.54) is 25.7 Å². The topological polar surface area (TPSA) is 32.3 Å². The first-order chi connectivity index (χ1) is 5.40. The van der Waals surface area contributed by atoms with Crippen molar-refractivity contribution < 1.29 is 5.11 Å². The Labute approximate surface area is 68.0 Å². The Bertz CT molecular complexity index is 138. The Morgan fingerprint density at radius 1 is 1.36 bits per heavy atom. The SMILES string of the molecule is OC[C@H]1CN[C@H]2CCC[C@H]2C1. The Morgan fingerprint density at radius 3 is 3.09 bits per heavy atom. The van der Waals surface area contributed by atoms with Crippen LogP contribution >= 0.6 is 0 Å². The van der Waals surface area contributed by atoms with Crippen LogP contribution in [0.3, 0.4) is 0 Å². The summed E-state index contributed by atoms with van der Waals surface area (Å²) in [6, 6.07) is 0.790. The van der Waals surface area contributed by atoms with Crippen molar-refractivity contribution in [2.45, 2.75) is 31.7 Å². The number of aliphatic hydroxyl groups excluding tert-OH is 1. The first-order valence-corrected chi connectivity index (χ1v) is 4.74. The molecule has 3 atom stereocenters. The Morgan fingerprint density at radius 2 is 2.27 bits per heavy atom. The maximum absolute atomic E-state index is 8.97. The maximum Gasteiger partial charge on any atom is 0.0471 e. The molecule has 1 saturated heterocycles. The molecule has 1 saturated carbocycles. The van der Waals surface area contributed by atoms with Crippen LogP contribution in [0.5, 0.6) is 0 Å². The average Bonchev–Trinajstić information content (AvgIpc) is 2.50. The van der Waals surface area contributed by atoms with Gasteiger partial charge in [0.15, 0.2) is 0 Å². The standard InChI is InChI=1S/C9H17NO/c11-6-7-4-8-2-1-3-9(8)10-5-7/h7-11H,1-6H2/t7-,8+,9+/m1/s1. The lowest BCUT2D eigenvalue weighted by molar-refractivity contribution is 0.156. The summed E-state index contributed by atoms with van der Waals surface area (Å²) >= 11 is 0. The van der Waals surface area contributed by atoms with Crippen molar-refractivity contribution in [3.63, 3.8) is 0 Å². The van der Waals surface area contributed by atoms with E-state index in [4.69, 9.17) is 5.11 Å². The first-order valence-electron chi connectivity index (χ1n) is 4.74. The fourth-order valence-electron chi connectivity index (χ4n) is 2.56. The van der Waals surface area contributed by atoms with E-state index in [0.29, 0.717) is 12.5 Å². The zero-order valence-electron chi connectivity index (χ0n) is 6.92. The van der Waals surface area contributed by atoms with Gasteiger partial charge >= 0.3 is 0 Å². The van der Waals surface area contributed by atoms with E-state index in [9.17, 15) is 0 Å². The number of rotatable bonds is 1. The highest BCUT2D eigenvalue weighted by molar-refractivity contribution is 4.89. The molecule has 2 rings (SSSR count). The largest absolute Gasteiger partial charge is 0.396 e. The van der Waals surface area contributed by atoms with Gasteiger partial charge in [0.05, 0.1) is 0 Å². The van der Waals surface area contributed by atoms with Crippen LogP contribution in [0.2, 0.25) is 0 Å².